The lowest BCUT2D eigenvalue weighted by Crippen LogP contribution is -2.45. The standard InChI is InChI=1S/C27H33N3O2/c1-21-13-17-30(18-14-21)27(32)24-9-5-6-10-25(24)29-19-15-23(16-20-29)28-26(31)12-11-22-7-3-2-4-8-22/h2-12,21,23H,13-20H2,1H3,(H,28,31)/b12-11+. The third kappa shape index (κ3) is 5.58. The molecule has 32 heavy (non-hydrogen) atoms. The first-order valence-electron chi connectivity index (χ1n) is 11.8. The largest absolute Gasteiger partial charge is 0.371 e. The Labute approximate surface area is 191 Å². The zero-order chi connectivity index (χ0) is 22.3. The maximum absolute atomic E-state index is 13.2. The second-order valence-corrected chi connectivity index (χ2v) is 9.01. The number of carbonyl (C=O) groups is 2. The molecule has 2 aliphatic heterocycles. The van der Waals surface area contributed by atoms with Crippen LogP contribution in [0.1, 0.15) is 48.5 Å². The van der Waals surface area contributed by atoms with Crippen molar-refractivity contribution in [3.63, 3.8) is 0 Å². The summed E-state index contributed by atoms with van der Waals surface area (Å²) in [4.78, 5) is 29.8. The number of para-hydroxylation sites is 1. The highest BCUT2D eigenvalue weighted by Crippen LogP contribution is 2.27. The Hall–Kier alpha value is -3.08. The maximum atomic E-state index is 13.2. The molecular formula is C27H33N3O2. The van der Waals surface area contributed by atoms with E-state index in [9.17, 15) is 9.59 Å². The summed E-state index contributed by atoms with van der Waals surface area (Å²) in [5, 5.41) is 3.13. The van der Waals surface area contributed by atoms with Gasteiger partial charge in [0.25, 0.3) is 5.91 Å². The van der Waals surface area contributed by atoms with Crippen LogP contribution in [0.3, 0.4) is 0 Å². The smallest absolute Gasteiger partial charge is 0.255 e. The normalized spacial score (nSPS) is 18.2. The number of nitrogens with zero attached hydrogens (tertiary/aromatic N) is 2. The molecule has 1 N–H and O–H groups in total. The van der Waals surface area contributed by atoms with Gasteiger partial charge < -0.3 is 15.1 Å². The second kappa shape index (κ2) is 10.5. The van der Waals surface area contributed by atoms with Gasteiger partial charge in [-0.1, -0.05) is 49.4 Å². The number of nitrogens with one attached hydrogen (secondary N) is 1. The fourth-order valence-corrected chi connectivity index (χ4v) is 4.56. The lowest BCUT2D eigenvalue weighted by Gasteiger charge is -2.36. The number of hydrogen-bond donors (Lipinski definition) is 1. The third-order valence-corrected chi connectivity index (χ3v) is 6.61. The number of benzene rings is 2. The number of carbonyl (C=O) groups excluding carboxylic acids is 2. The van der Waals surface area contributed by atoms with Crippen LogP contribution in [-0.4, -0.2) is 48.9 Å². The van der Waals surface area contributed by atoms with Crippen molar-refractivity contribution in [2.24, 2.45) is 5.92 Å². The van der Waals surface area contributed by atoms with Gasteiger partial charge in [-0.05, 0) is 55.4 Å². The minimum atomic E-state index is -0.0535. The summed E-state index contributed by atoms with van der Waals surface area (Å²) >= 11 is 0. The first kappa shape index (κ1) is 22.1. The van der Waals surface area contributed by atoms with Gasteiger partial charge in [0, 0.05) is 44.0 Å². The fourth-order valence-electron chi connectivity index (χ4n) is 4.56. The molecule has 2 aromatic carbocycles. The zero-order valence-corrected chi connectivity index (χ0v) is 18.9. The molecule has 0 unspecified atom stereocenters. The van der Waals surface area contributed by atoms with Gasteiger partial charge in [-0.15, -0.1) is 0 Å². The van der Waals surface area contributed by atoms with Gasteiger partial charge in [-0.3, -0.25) is 9.59 Å². The minimum Gasteiger partial charge on any atom is -0.371 e. The maximum Gasteiger partial charge on any atom is 0.255 e. The molecule has 2 aromatic rings. The lowest BCUT2D eigenvalue weighted by atomic mass is 9.98. The number of amides is 2. The van der Waals surface area contributed by atoms with Crippen LogP contribution in [-0.2, 0) is 4.79 Å². The second-order valence-electron chi connectivity index (χ2n) is 9.01. The molecule has 0 radical (unpaired) electrons. The SMILES string of the molecule is CC1CCN(C(=O)c2ccccc2N2CCC(NC(=O)/C=C/c3ccccc3)CC2)CC1. The van der Waals surface area contributed by atoms with Crippen LogP contribution >= 0.6 is 0 Å². The van der Waals surface area contributed by atoms with Crippen molar-refractivity contribution < 1.29 is 9.59 Å². The summed E-state index contributed by atoms with van der Waals surface area (Å²) in [5.74, 6) is 0.794. The van der Waals surface area contributed by atoms with Crippen LogP contribution in [0.25, 0.3) is 6.08 Å². The van der Waals surface area contributed by atoms with Crippen LogP contribution in [0, 0.1) is 5.92 Å². The molecule has 5 heteroatoms. The summed E-state index contributed by atoms with van der Waals surface area (Å²) in [6, 6.07) is 18.0. The molecule has 2 fully saturated rings. The Kier molecular flexibility index (Phi) is 7.25. The quantitative estimate of drug-likeness (QED) is 0.716. The van der Waals surface area contributed by atoms with Crippen LogP contribution in [0.4, 0.5) is 5.69 Å². The summed E-state index contributed by atoms with van der Waals surface area (Å²) in [7, 11) is 0. The number of likely N-dealkylation sites (tertiary alicyclic amines) is 1. The molecule has 5 nitrogen and oxygen atoms in total. The molecule has 2 amide bonds. The summed E-state index contributed by atoms with van der Waals surface area (Å²) in [5.41, 5.74) is 2.84. The third-order valence-electron chi connectivity index (χ3n) is 6.61. The van der Waals surface area contributed by atoms with Crippen LogP contribution < -0.4 is 10.2 Å². The van der Waals surface area contributed by atoms with E-state index in [0.717, 1.165) is 68.7 Å². The number of anilines is 1. The van der Waals surface area contributed by atoms with Gasteiger partial charge >= 0.3 is 0 Å². The Bertz CT molecular complexity index is 940. The molecule has 0 bridgehead atoms. The number of piperidine rings is 2. The van der Waals surface area contributed by atoms with E-state index in [1.807, 2.05) is 59.5 Å². The Morgan fingerprint density at radius 1 is 0.875 bits per heavy atom. The highest BCUT2D eigenvalue weighted by atomic mass is 16.2. The van der Waals surface area contributed by atoms with Gasteiger partial charge in [0.05, 0.1) is 5.56 Å². The summed E-state index contributed by atoms with van der Waals surface area (Å²) in [6.07, 6.45) is 7.35. The average Bonchev–Trinajstić information content (AvgIpc) is 2.84. The lowest BCUT2D eigenvalue weighted by molar-refractivity contribution is -0.117. The van der Waals surface area contributed by atoms with Gasteiger partial charge in [0.2, 0.25) is 5.91 Å². The summed E-state index contributed by atoms with van der Waals surface area (Å²) in [6.45, 7) is 5.61. The monoisotopic (exact) mass is 431 g/mol. The highest BCUT2D eigenvalue weighted by molar-refractivity contribution is 6.00. The van der Waals surface area contributed by atoms with Gasteiger partial charge in [0.1, 0.15) is 0 Å². The molecule has 0 spiro atoms. The fraction of sp³-hybridized carbons (Fsp3) is 0.407. The Morgan fingerprint density at radius 3 is 2.25 bits per heavy atom. The van der Waals surface area contributed by atoms with Crippen LogP contribution in [0.5, 0.6) is 0 Å². The molecule has 0 atom stereocenters. The molecule has 4 rings (SSSR count). The van der Waals surface area contributed by atoms with Crippen molar-refractivity contribution in [2.75, 3.05) is 31.1 Å². The molecular weight excluding hydrogens is 398 g/mol. The predicted molar refractivity (Wildman–Crippen MR) is 130 cm³/mol. The zero-order valence-electron chi connectivity index (χ0n) is 18.9. The summed E-state index contributed by atoms with van der Waals surface area (Å²) < 4.78 is 0. The molecule has 0 aromatic heterocycles. The first-order chi connectivity index (χ1) is 15.6. The van der Waals surface area contributed by atoms with Crippen LogP contribution in [0.2, 0.25) is 0 Å². The van der Waals surface area contributed by atoms with Crippen molar-refractivity contribution in [2.45, 2.75) is 38.6 Å². The Balaban J connectivity index is 1.33. The van der Waals surface area contributed by atoms with Gasteiger partial charge in [-0.2, -0.15) is 0 Å². The molecule has 168 valence electrons. The van der Waals surface area contributed by atoms with E-state index in [-0.39, 0.29) is 17.9 Å². The minimum absolute atomic E-state index is 0.0535. The van der Waals surface area contributed by atoms with Gasteiger partial charge in [-0.25, -0.2) is 0 Å². The van der Waals surface area contributed by atoms with E-state index >= 15 is 0 Å². The van der Waals surface area contributed by atoms with Gasteiger partial charge in [0.15, 0.2) is 0 Å². The van der Waals surface area contributed by atoms with E-state index in [4.69, 9.17) is 0 Å². The van der Waals surface area contributed by atoms with Crippen molar-refractivity contribution in [1.82, 2.24) is 10.2 Å². The predicted octanol–water partition coefficient (Wildman–Crippen LogP) is 4.36. The van der Waals surface area contributed by atoms with E-state index in [0.29, 0.717) is 5.92 Å². The molecule has 0 saturated carbocycles. The van der Waals surface area contributed by atoms with Crippen molar-refractivity contribution in [1.29, 1.82) is 0 Å². The first-order valence-corrected chi connectivity index (χ1v) is 11.8. The molecule has 2 heterocycles. The molecule has 2 aliphatic rings. The van der Waals surface area contributed by atoms with E-state index in [1.54, 1.807) is 6.08 Å². The van der Waals surface area contributed by atoms with E-state index in [1.165, 1.54) is 0 Å². The van der Waals surface area contributed by atoms with E-state index in [2.05, 4.69) is 23.2 Å². The molecule has 0 aliphatic carbocycles. The van der Waals surface area contributed by atoms with E-state index < -0.39 is 0 Å². The number of rotatable bonds is 5. The van der Waals surface area contributed by atoms with Crippen molar-refractivity contribution in [3.8, 4) is 0 Å². The van der Waals surface area contributed by atoms with Crippen molar-refractivity contribution >= 4 is 23.6 Å². The Morgan fingerprint density at radius 2 is 1.53 bits per heavy atom. The molecule has 2 saturated heterocycles. The topological polar surface area (TPSA) is 52.7 Å². The van der Waals surface area contributed by atoms with Crippen molar-refractivity contribution in [3.05, 3.63) is 71.8 Å². The number of hydrogen-bond acceptors (Lipinski definition) is 3. The highest BCUT2D eigenvalue weighted by Gasteiger charge is 2.27. The van der Waals surface area contributed by atoms with Crippen LogP contribution in [0.15, 0.2) is 60.7 Å². The average molecular weight is 432 g/mol.